The molecule has 0 bridgehead atoms. The first-order chi connectivity index (χ1) is 9.46. The molecule has 0 atom stereocenters. The zero-order chi connectivity index (χ0) is 14.8. The number of nitrogen functional groups attached to an aromatic ring is 1. The summed E-state index contributed by atoms with van der Waals surface area (Å²) in [5.74, 6) is 0. The Hall–Kier alpha value is -2.59. The summed E-state index contributed by atoms with van der Waals surface area (Å²) in [6.45, 7) is 0. The Balaban J connectivity index is 2.44. The topological polar surface area (TPSA) is 100 Å². The van der Waals surface area contributed by atoms with Gasteiger partial charge in [-0.05, 0) is 30.3 Å². The molecule has 20 heavy (non-hydrogen) atoms. The third kappa shape index (κ3) is 2.41. The monoisotopic (exact) mass is 288 g/mol. The first-order valence-corrected chi connectivity index (χ1v) is 7.09. The van der Waals surface area contributed by atoms with E-state index in [4.69, 9.17) is 11.0 Å². The highest BCUT2D eigenvalue weighted by molar-refractivity contribution is 7.92. The van der Waals surface area contributed by atoms with Crippen molar-refractivity contribution in [3.8, 4) is 6.07 Å². The van der Waals surface area contributed by atoms with Gasteiger partial charge in [-0.2, -0.15) is 5.26 Å². The van der Waals surface area contributed by atoms with Gasteiger partial charge in [0.15, 0.2) is 0 Å². The number of benzene rings is 1. The van der Waals surface area contributed by atoms with Gasteiger partial charge in [0.2, 0.25) is 0 Å². The van der Waals surface area contributed by atoms with Crippen molar-refractivity contribution < 1.29 is 8.42 Å². The third-order valence-electron chi connectivity index (χ3n) is 2.81. The molecule has 1 aromatic heterocycles. The Morgan fingerprint density at radius 3 is 2.45 bits per heavy atom. The van der Waals surface area contributed by atoms with Gasteiger partial charge in [-0.25, -0.2) is 8.42 Å². The Bertz CT molecular complexity index is 764. The lowest BCUT2D eigenvalue weighted by Gasteiger charge is -2.20. The molecular weight excluding hydrogens is 276 g/mol. The van der Waals surface area contributed by atoms with Crippen LogP contribution in [0.3, 0.4) is 0 Å². The average molecular weight is 288 g/mol. The molecule has 0 radical (unpaired) electrons. The van der Waals surface area contributed by atoms with Crippen LogP contribution < -0.4 is 10.0 Å². The van der Waals surface area contributed by atoms with Gasteiger partial charge in [-0.15, -0.1) is 0 Å². The molecule has 102 valence electrons. The second-order valence-electron chi connectivity index (χ2n) is 4.04. The van der Waals surface area contributed by atoms with Crippen molar-refractivity contribution in [2.75, 3.05) is 17.1 Å². The van der Waals surface area contributed by atoms with Crippen LogP contribution in [0.25, 0.3) is 0 Å². The number of hydrogen-bond acceptors (Lipinski definition) is 5. The second kappa shape index (κ2) is 5.19. The predicted molar refractivity (Wildman–Crippen MR) is 75.4 cm³/mol. The number of pyridine rings is 1. The predicted octanol–water partition coefficient (Wildman–Crippen LogP) is 1.36. The van der Waals surface area contributed by atoms with Crippen molar-refractivity contribution in [1.29, 1.82) is 5.26 Å². The summed E-state index contributed by atoms with van der Waals surface area (Å²) >= 11 is 0. The first kappa shape index (κ1) is 13.8. The van der Waals surface area contributed by atoms with E-state index in [1.54, 1.807) is 0 Å². The maximum absolute atomic E-state index is 12.5. The molecule has 1 aromatic carbocycles. The van der Waals surface area contributed by atoms with E-state index in [9.17, 15) is 8.42 Å². The van der Waals surface area contributed by atoms with E-state index in [0.29, 0.717) is 11.3 Å². The summed E-state index contributed by atoms with van der Waals surface area (Å²) in [7, 11) is -2.31. The molecule has 0 saturated heterocycles. The number of nitriles is 1. The van der Waals surface area contributed by atoms with Crippen molar-refractivity contribution in [2.24, 2.45) is 0 Å². The van der Waals surface area contributed by atoms with Crippen LogP contribution in [0.1, 0.15) is 5.56 Å². The molecule has 0 spiro atoms. The van der Waals surface area contributed by atoms with E-state index < -0.39 is 10.0 Å². The molecule has 1 heterocycles. The number of aromatic nitrogens is 1. The molecule has 2 N–H and O–H groups in total. The average Bonchev–Trinajstić information content (AvgIpc) is 2.47. The molecule has 0 unspecified atom stereocenters. The maximum atomic E-state index is 12.5. The largest absolute Gasteiger partial charge is 0.396 e. The van der Waals surface area contributed by atoms with Gasteiger partial charge < -0.3 is 5.73 Å². The second-order valence-corrected chi connectivity index (χ2v) is 6.01. The normalized spacial score (nSPS) is 10.8. The summed E-state index contributed by atoms with van der Waals surface area (Å²) in [6, 6.07) is 9.15. The van der Waals surface area contributed by atoms with Crippen LogP contribution in [0.2, 0.25) is 0 Å². The highest BCUT2D eigenvalue weighted by Crippen LogP contribution is 2.26. The minimum atomic E-state index is -3.72. The minimum absolute atomic E-state index is 0.0928. The molecule has 2 aromatic rings. The highest BCUT2D eigenvalue weighted by Gasteiger charge is 2.22. The van der Waals surface area contributed by atoms with Crippen LogP contribution in [0.5, 0.6) is 0 Å². The molecule has 7 heteroatoms. The van der Waals surface area contributed by atoms with Crippen molar-refractivity contribution in [1.82, 2.24) is 4.98 Å². The zero-order valence-corrected chi connectivity index (χ0v) is 11.5. The van der Waals surface area contributed by atoms with Gasteiger partial charge in [-0.1, -0.05) is 0 Å². The quantitative estimate of drug-likeness (QED) is 0.919. The Labute approximate surface area is 117 Å². The summed E-state index contributed by atoms with van der Waals surface area (Å²) in [5, 5.41) is 8.72. The summed E-state index contributed by atoms with van der Waals surface area (Å²) in [6.07, 6.45) is 2.86. The third-order valence-corrected chi connectivity index (χ3v) is 4.59. The van der Waals surface area contributed by atoms with Crippen LogP contribution in [0.15, 0.2) is 47.6 Å². The smallest absolute Gasteiger partial charge is 0.264 e. The fourth-order valence-corrected chi connectivity index (χ4v) is 2.90. The molecule has 0 saturated carbocycles. The van der Waals surface area contributed by atoms with E-state index >= 15 is 0 Å². The molecule has 2 rings (SSSR count). The van der Waals surface area contributed by atoms with E-state index in [1.807, 2.05) is 6.07 Å². The van der Waals surface area contributed by atoms with E-state index in [2.05, 4.69) is 4.98 Å². The fourth-order valence-electron chi connectivity index (χ4n) is 1.68. The van der Waals surface area contributed by atoms with E-state index in [-0.39, 0.29) is 10.6 Å². The van der Waals surface area contributed by atoms with Gasteiger partial charge in [0.1, 0.15) is 0 Å². The fraction of sp³-hybridized carbons (Fsp3) is 0.0769. The number of nitrogens with two attached hydrogens (primary N) is 1. The van der Waals surface area contributed by atoms with Gasteiger partial charge in [-0.3, -0.25) is 9.29 Å². The maximum Gasteiger partial charge on any atom is 0.264 e. The lowest BCUT2D eigenvalue weighted by molar-refractivity contribution is 0.594. The Morgan fingerprint density at radius 1 is 1.25 bits per heavy atom. The van der Waals surface area contributed by atoms with Gasteiger partial charge in [0.05, 0.1) is 34.1 Å². The molecule has 0 aliphatic rings. The number of nitrogens with zero attached hydrogens (tertiary/aromatic N) is 3. The lowest BCUT2D eigenvalue weighted by Crippen LogP contribution is -2.27. The highest BCUT2D eigenvalue weighted by atomic mass is 32.2. The van der Waals surface area contributed by atoms with Gasteiger partial charge in [0.25, 0.3) is 10.0 Å². The van der Waals surface area contributed by atoms with Gasteiger partial charge in [0, 0.05) is 13.2 Å². The standard InChI is InChI=1S/C13H12N4O2S/c1-17(13-6-7-16-9-12(13)15)20(18,19)11-4-2-10(8-14)3-5-11/h2-7,9H,15H2,1H3. The Morgan fingerprint density at radius 2 is 1.90 bits per heavy atom. The van der Waals surface area contributed by atoms with Crippen molar-refractivity contribution in [3.05, 3.63) is 48.3 Å². The SMILES string of the molecule is CN(c1ccncc1N)S(=O)(=O)c1ccc(C#N)cc1. The molecule has 0 amide bonds. The van der Waals surface area contributed by atoms with E-state index in [1.165, 1.54) is 49.8 Å². The van der Waals surface area contributed by atoms with Crippen LogP contribution in [-0.2, 0) is 10.0 Å². The van der Waals surface area contributed by atoms with Crippen molar-refractivity contribution >= 4 is 21.4 Å². The number of sulfonamides is 1. The van der Waals surface area contributed by atoms with Crippen LogP contribution in [-0.4, -0.2) is 20.4 Å². The van der Waals surface area contributed by atoms with Crippen LogP contribution >= 0.6 is 0 Å². The van der Waals surface area contributed by atoms with Crippen LogP contribution in [0.4, 0.5) is 11.4 Å². The molecule has 0 aliphatic heterocycles. The summed E-state index contributed by atoms with van der Waals surface area (Å²) in [5.41, 5.74) is 6.75. The van der Waals surface area contributed by atoms with Gasteiger partial charge >= 0.3 is 0 Å². The zero-order valence-electron chi connectivity index (χ0n) is 10.7. The van der Waals surface area contributed by atoms with Crippen LogP contribution in [0, 0.1) is 11.3 Å². The molecule has 6 nitrogen and oxygen atoms in total. The lowest BCUT2D eigenvalue weighted by atomic mass is 10.2. The van der Waals surface area contributed by atoms with Crippen molar-refractivity contribution in [2.45, 2.75) is 4.90 Å². The first-order valence-electron chi connectivity index (χ1n) is 5.65. The van der Waals surface area contributed by atoms with E-state index in [0.717, 1.165) is 4.31 Å². The number of hydrogen-bond donors (Lipinski definition) is 1. The molecule has 0 aliphatic carbocycles. The molecular formula is C13H12N4O2S. The minimum Gasteiger partial charge on any atom is -0.396 e. The van der Waals surface area contributed by atoms with Crippen molar-refractivity contribution in [3.63, 3.8) is 0 Å². The summed E-state index contributed by atoms with van der Waals surface area (Å²) < 4.78 is 26.0. The Kier molecular flexibility index (Phi) is 3.59. The number of anilines is 2. The summed E-state index contributed by atoms with van der Waals surface area (Å²) in [4.78, 5) is 3.92. The molecule has 0 fully saturated rings. The number of rotatable bonds is 3.